The number of halogens is 1. The van der Waals surface area contributed by atoms with Crippen LogP contribution < -0.4 is 10.6 Å². The van der Waals surface area contributed by atoms with Crippen molar-refractivity contribution in [3.63, 3.8) is 0 Å². The summed E-state index contributed by atoms with van der Waals surface area (Å²) in [4.78, 5) is 24.2. The fraction of sp³-hybridized carbons (Fsp3) is 0.111. The summed E-state index contributed by atoms with van der Waals surface area (Å²) >= 11 is 3.12. The number of nitrogens with one attached hydrogen (secondary N) is 2. The van der Waals surface area contributed by atoms with E-state index in [1.807, 2.05) is 30.3 Å². The number of hydrogen-bond donors (Lipinski definition) is 2. The molecule has 25 heavy (non-hydrogen) atoms. The van der Waals surface area contributed by atoms with Gasteiger partial charge in [0.15, 0.2) is 10.4 Å². The van der Waals surface area contributed by atoms with Gasteiger partial charge in [-0.15, -0.1) is 0 Å². The zero-order valence-corrected chi connectivity index (χ0v) is 14.7. The quantitative estimate of drug-likeness (QED) is 0.662. The van der Waals surface area contributed by atoms with Gasteiger partial charge < -0.3 is 19.5 Å². The minimum absolute atomic E-state index is 0.130. The highest BCUT2D eigenvalue weighted by molar-refractivity contribution is 9.10. The molecule has 128 valence electrons. The summed E-state index contributed by atoms with van der Waals surface area (Å²) in [5.74, 6) is -0.0644. The van der Waals surface area contributed by atoms with Gasteiger partial charge in [0.1, 0.15) is 11.8 Å². The Kier molecular flexibility index (Phi) is 5.35. The summed E-state index contributed by atoms with van der Waals surface area (Å²) in [5.41, 5.74) is 0.882. The van der Waals surface area contributed by atoms with Crippen molar-refractivity contribution in [2.75, 3.05) is 6.54 Å². The van der Waals surface area contributed by atoms with E-state index in [1.165, 1.54) is 6.07 Å². The molecule has 2 heterocycles. The largest absolute Gasteiger partial charge is 0.467 e. The summed E-state index contributed by atoms with van der Waals surface area (Å²) in [6.45, 7) is -0.179. The lowest BCUT2D eigenvalue weighted by Gasteiger charge is -2.17. The topological polar surface area (TPSA) is 84.5 Å². The molecule has 1 atom stereocenters. The van der Waals surface area contributed by atoms with Crippen LogP contribution in [-0.4, -0.2) is 18.4 Å². The van der Waals surface area contributed by atoms with Crippen LogP contribution in [0.1, 0.15) is 27.9 Å². The third-order valence-corrected chi connectivity index (χ3v) is 3.90. The normalized spacial score (nSPS) is 11.7. The highest BCUT2D eigenvalue weighted by Gasteiger charge is 2.20. The minimum Gasteiger partial charge on any atom is -0.467 e. The Labute approximate surface area is 152 Å². The van der Waals surface area contributed by atoms with Crippen molar-refractivity contribution in [1.82, 2.24) is 10.6 Å². The third-order valence-electron chi connectivity index (χ3n) is 3.47. The Hall–Kier alpha value is -2.80. The van der Waals surface area contributed by atoms with Crippen LogP contribution in [0.15, 0.2) is 74.4 Å². The molecule has 3 rings (SSSR count). The van der Waals surface area contributed by atoms with E-state index < -0.39 is 11.9 Å². The number of benzene rings is 1. The molecule has 0 radical (unpaired) electrons. The predicted octanol–water partition coefficient (Wildman–Crippen LogP) is 3.27. The fourth-order valence-corrected chi connectivity index (χ4v) is 2.62. The first-order valence-corrected chi connectivity index (χ1v) is 8.34. The maximum Gasteiger partial charge on any atom is 0.287 e. The molecule has 7 heteroatoms. The maximum atomic E-state index is 12.3. The lowest BCUT2D eigenvalue weighted by Crippen LogP contribution is -2.38. The van der Waals surface area contributed by atoms with Crippen molar-refractivity contribution in [1.29, 1.82) is 0 Å². The molecule has 3 aromatic rings. The van der Waals surface area contributed by atoms with Gasteiger partial charge in [-0.1, -0.05) is 30.3 Å². The van der Waals surface area contributed by atoms with E-state index in [9.17, 15) is 9.59 Å². The van der Waals surface area contributed by atoms with Crippen molar-refractivity contribution in [2.24, 2.45) is 0 Å². The van der Waals surface area contributed by atoms with Crippen LogP contribution in [0.2, 0.25) is 0 Å². The van der Waals surface area contributed by atoms with E-state index in [2.05, 4.69) is 26.6 Å². The Balaban J connectivity index is 1.64. The third kappa shape index (κ3) is 4.39. The van der Waals surface area contributed by atoms with Crippen LogP contribution in [0, 0.1) is 0 Å². The first-order chi connectivity index (χ1) is 12.1. The summed E-state index contributed by atoms with van der Waals surface area (Å²) in [6.07, 6.45) is 1.55. The van der Waals surface area contributed by atoms with Crippen molar-refractivity contribution in [3.05, 3.63) is 82.6 Å². The molecule has 0 fully saturated rings. The molecule has 0 saturated heterocycles. The van der Waals surface area contributed by atoms with Crippen molar-refractivity contribution in [3.8, 4) is 0 Å². The Bertz CT molecular complexity index is 843. The SMILES string of the molecule is O=C(CNC(=O)c1ccc(Br)o1)NC(c1ccccc1)c1ccco1. The van der Waals surface area contributed by atoms with Crippen LogP contribution in [0.3, 0.4) is 0 Å². The van der Waals surface area contributed by atoms with Crippen molar-refractivity contribution < 1.29 is 18.4 Å². The van der Waals surface area contributed by atoms with Gasteiger partial charge >= 0.3 is 0 Å². The number of furan rings is 2. The van der Waals surface area contributed by atoms with E-state index in [0.29, 0.717) is 10.4 Å². The molecule has 0 aliphatic rings. The van der Waals surface area contributed by atoms with Gasteiger partial charge in [-0.05, 0) is 45.8 Å². The van der Waals surface area contributed by atoms with Gasteiger partial charge in [0.2, 0.25) is 5.91 Å². The van der Waals surface area contributed by atoms with E-state index in [1.54, 1.807) is 24.5 Å². The van der Waals surface area contributed by atoms with E-state index in [-0.39, 0.29) is 18.2 Å². The molecule has 1 aromatic carbocycles. The van der Waals surface area contributed by atoms with Crippen LogP contribution in [-0.2, 0) is 4.79 Å². The molecule has 0 spiro atoms. The minimum atomic E-state index is -0.463. The number of amides is 2. The molecule has 2 N–H and O–H groups in total. The maximum absolute atomic E-state index is 12.3. The molecular weight excluding hydrogens is 388 g/mol. The smallest absolute Gasteiger partial charge is 0.287 e. The lowest BCUT2D eigenvalue weighted by molar-refractivity contribution is -0.120. The number of rotatable bonds is 6. The number of carbonyl (C=O) groups is 2. The zero-order valence-electron chi connectivity index (χ0n) is 13.1. The second kappa shape index (κ2) is 7.85. The number of hydrogen-bond acceptors (Lipinski definition) is 4. The first kappa shape index (κ1) is 17.0. The van der Waals surface area contributed by atoms with Crippen LogP contribution >= 0.6 is 15.9 Å². The highest BCUT2D eigenvalue weighted by Crippen LogP contribution is 2.22. The summed E-state index contributed by atoms with van der Waals surface area (Å²) in [5, 5.41) is 5.38. The lowest BCUT2D eigenvalue weighted by atomic mass is 10.0. The van der Waals surface area contributed by atoms with Crippen molar-refractivity contribution >= 4 is 27.7 Å². The standard InChI is InChI=1S/C18H15BrN2O4/c19-15-9-8-14(25-15)18(23)20-11-16(22)21-17(13-7-4-10-24-13)12-5-2-1-3-6-12/h1-10,17H,11H2,(H,20,23)(H,21,22). The average Bonchev–Trinajstić information content (AvgIpc) is 3.30. The van der Waals surface area contributed by atoms with Crippen LogP contribution in [0.5, 0.6) is 0 Å². The Morgan fingerprint density at radius 1 is 1.04 bits per heavy atom. The molecule has 6 nitrogen and oxygen atoms in total. The Morgan fingerprint density at radius 2 is 1.84 bits per heavy atom. The highest BCUT2D eigenvalue weighted by atomic mass is 79.9. The molecule has 0 aliphatic heterocycles. The predicted molar refractivity (Wildman–Crippen MR) is 93.9 cm³/mol. The van der Waals surface area contributed by atoms with Gasteiger partial charge in [-0.2, -0.15) is 0 Å². The van der Waals surface area contributed by atoms with Crippen molar-refractivity contribution in [2.45, 2.75) is 6.04 Å². The van der Waals surface area contributed by atoms with E-state index in [4.69, 9.17) is 8.83 Å². The van der Waals surface area contributed by atoms with Gasteiger partial charge in [0.25, 0.3) is 5.91 Å². The van der Waals surface area contributed by atoms with Gasteiger partial charge in [-0.3, -0.25) is 9.59 Å². The van der Waals surface area contributed by atoms with Gasteiger partial charge in [0.05, 0.1) is 12.8 Å². The van der Waals surface area contributed by atoms with E-state index in [0.717, 1.165) is 5.56 Å². The molecule has 1 unspecified atom stereocenters. The van der Waals surface area contributed by atoms with Crippen LogP contribution in [0.4, 0.5) is 0 Å². The fourth-order valence-electron chi connectivity index (χ4n) is 2.32. The van der Waals surface area contributed by atoms with E-state index >= 15 is 0 Å². The van der Waals surface area contributed by atoms with Crippen LogP contribution in [0.25, 0.3) is 0 Å². The number of carbonyl (C=O) groups excluding carboxylic acids is 2. The summed E-state index contributed by atoms with van der Waals surface area (Å²) in [7, 11) is 0. The molecular formula is C18H15BrN2O4. The van der Waals surface area contributed by atoms with Gasteiger partial charge in [0, 0.05) is 0 Å². The summed E-state index contributed by atoms with van der Waals surface area (Å²) < 4.78 is 11.0. The second-order valence-corrected chi connectivity index (χ2v) is 5.99. The van der Waals surface area contributed by atoms with Gasteiger partial charge in [-0.25, -0.2) is 0 Å². The second-order valence-electron chi connectivity index (χ2n) is 5.21. The monoisotopic (exact) mass is 402 g/mol. The molecule has 2 aromatic heterocycles. The molecule has 0 aliphatic carbocycles. The zero-order chi connectivity index (χ0) is 17.6. The molecule has 0 saturated carbocycles. The molecule has 2 amide bonds. The summed E-state index contributed by atoms with van der Waals surface area (Å²) in [6, 6.07) is 15.7. The average molecular weight is 403 g/mol. The Morgan fingerprint density at radius 3 is 2.48 bits per heavy atom. The molecule has 0 bridgehead atoms. The first-order valence-electron chi connectivity index (χ1n) is 7.55.